The highest BCUT2D eigenvalue weighted by Gasteiger charge is 2.13. The highest BCUT2D eigenvalue weighted by Crippen LogP contribution is 2.37. The van der Waals surface area contributed by atoms with Gasteiger partial charge in [0.05, 0.1) is 48.9 Å². The molecule has 184 valence electrons. The Morgan fingerprint density at radius 2 is 1.18 bits per heavy atom. The number of amides is 2. The molecule has 0 saturated carbocycles. The van der Waals surface area contributed by atoms with Gasteiger partial charge >= 0.3 is 6.03 Å². The smallest absolute Gasteiger partial charge is 0.355 e. The van der Waals surface area contributed by atoms with Crippen LogP contribution in [-0.2, 0) is 0 Å². The Kier molecular flexibility index (Phi) is 10.3. The number of ether oxygens (including phenoxy) is 4. The van der Waals surface area contributed by atoms with Crippen LogP contribution in [-0.4, -0.2) is 44.9 Å². The molecule has 2 aromatic carbocycles. The molecule has 0 radical (unpaired) electrons. The fourth-order valence-electron chi connectivity index (χ4n) is 2.76. The first-order chi connectivity index (χ1) is 16.1. The molecule has 11 heteroatoms. The van der Waals surface area contributed by atoms with E-state index in [9.17, 15) is 4.79 Å². The van der Waals surface area contributed by atoms with E-state index in [0.29, 0.717) is 44.2 Å². The molecule has 2 amide bonds. The van der Waals surface area contributed by atoms with Gasteiger partial charge in [-0.15, -0.1) is 0 Å². The van der Waals surface area contributed by atoms with Crippen LogP contribution in [0.15, 0.2) is 34.5 Å². The predicted octanol–water partition coefficient (Wildman–Crippen LogP) is 5.25. The average Bonchev–Trinajstić information content (AvgIpc) is 2.73. The summed E-state index contributed by atoms with van der Waals surface area (Å²) in [6.45, 7) is 7.55. The van der Waals surface area contributed by atoms with Gasteiger partial charge in [-0.3, -0.25) is 0 Å². The highest BCUT2D eigenvalue weighted by atomic mass is 35.5. The lowest BCUT2D eigenvalue weighted by molar-refractivity contribution is 0.230. The van der Waals surface area contributed by atoms with Crippen LogP contribution < -0.4 is 29.8 Å². The lowest BCUT2D eigenvalue weighted by Crippen LogP contribution is -2.28. The summed E-state index contributed by atoms with van der Waals surface area (Å²) in [5.41, 5.74) is 5.84. The Bertz CT molecular complexity index is 977. The number of hydrogen-bond donors (Lipinski definition) is 2. The van der Waals surface area contributed by atoms with Crippen molar-refractivity contribution in [2.75, 3.05) is 14.2 Å². The van der Waals surface area contributed by atoms with Crippen molar-refractivity contribution in [3.8, 4) is 23.0 Å². The summed E-state index contributed by atoms with van der Waals surface area (Å²) in [5, 5.41) is 8.50. The van der Waals surface area contributed by atoms with E-state index >= 15 is 0 Å². The van der Waals surface area contributed by atoms with Crippen molar-refractivity contribution in [3.05, 3.63) is 45.4 Å². The van der Waals surface area contributed by atoms with Crippen molar-refractivity contribution >= 4 is 41.7 Å². The Hall–Kier alpha value is -3.17. The number of halogens is 2. The van der Waals surface area contributed by atoms with E-state index in [1.165, 1.54) is 26.6 Å². The number of methoxy groups -OCH3 is 2. The van der Waals surface area contributed by atoms with Gasteiger partial charge in [0.1, 0.15) is 0 Å². The van der Waals surface area contributed by atoms with Gasteiger partial charge in [0.2, 0.25) is 0 Å². The van der Waals surface area contributed by atoms with E-state index in [-0.39, 0.29) is 12.2 Å². The number of benzene rings is 2. The molecular formula is C23H28Cl2N4O5. The van der Waals surface area contributed by atoms with Gasteiger partial charge in [-0.1, -0.05) is 23.2 Å². The quantitative estimate of drug-likeness (QED) is 0.335. The zero-order valence-electron chi connectivity index (χ0n) is 19.8. The number of carbonyl (C=O) groups excluding carboxylic acids is 1. The van der Waals surface area contributed by atoms with Crippen molar-refractivity contribution in [1.29, 1.82) is 0 Å². The largest absolute Gasteiger partial charge is 0.491 e. The predicted molar refractivity (Wildman–Crippen MR) is 134 cm³/mol. The minimum Gasteiger partial charge on any atom is -0.491 e. The summed E-state index contributed by atoms with van der Waals surface area (Å²) in [6, 6.07) is 6.04. The summed E-state index contributed by atoms with van der Waals surface area (Å²) >= 11 is 12.5. The molecule has 0 aromatic heterocycles. The molecule has 0 fully saturated rings. The summed E-state index contributed by atoms with van der Waals surface area (Å²) < 4.78 is 22.0. The maximum atomic E-state index is 12.0. The maximum Gasteiger partial charge on any atom is 0.355 e. The van der Waals surface area contributed by atoms with E-state index in [1.54, 1.807) is 24.3 Å². The van der Waals surface area contributed by atoms with Crippen LogP contribution in [0.3, 0.4) is 0 Å². The topological polar surface area (TPSA) is 103 Å². The van der Waals surface area contributed by atoms with Crippen molar-refractivity contribution < 1.29 is 23.7 Å². The zero-order valence-corrected chi connectivity index (χ0v) is 21.3. The van der Waals surface area contributed by atoms with Crippen molar-refractivity contribution in [2.45, 2.75) is 39.9 Å². The minimum absolute atomic E-state index is 0.0764. The summed E-state index contributed by atoms with van der Waals surface area (Å²) in [6.07, 6.45) is 2.68. The Morgan fingerprint density at radius 1 is 0.794 bits per heavy atom. The average molecular weight is 511 g/mol. The second-order valence-electron chi connectivity index (χ2n) is 7.47. The van der Waals surface area contributed by atoms with Gasteiger partial charge in [-0.2, -0.15) is 10.2 Å². The number of nitrogens with one attached hydrogen (secondary N) is 2. The monoisotopic (exact) mass is 510 g/mol. The molecule has 0 aliphatic carbocycles. The third-order valence-electron chi connectivity index (χ3n) is 3.96. The molecule has 2 N–H and O–H groups in total. The summed E-state index contributed by atoms with van der Waals surface area (Å²) in [7, 11) is 3.01. The van der Waals surface area contributed by atoms with Gasteiger partial charge in [0.25, 0.3) is 0 Å². The minimum atomic E-state index is -0.649. The second-order valence-corrected chi connectivity index (χ2v) is 8.28. The van der Waals surface area contributed by atoms with Gasteiger partial charge < -0.3 is 18.9 Å². The highest BCUT2D eigenvalue weighted by molar-refractivity contribution is 6.33. The van der Waals surface area contributed by atoms with Gasteiger partial charge in [0, 0.05) is 0 Å². The van der Waals surface area contributed by atoms with Crippen LogP contribution in [0.4, 0.5) is 4.79 Å². The third kappa shape index (κ3) is 8.00. The van der Waals surface area contributed by atoms with Crippen LogP contribution in [0.2, 0.25) is 10.0 Å². The molecule has 0 bridgehead atoms. The summed E-state index contributed by atoms with van der Waals surface area (Å²) in [5.74, 6) is 1.79. The molecule has 0 aliphatic rings. The zero-order chi connectivity index (χ0) is 25.3. The first kappa shape index (κ1) is 27.1. The molecule has 2 aromatic rings. The first-order valence-corrected chi connectivity index (χ1v) is 11.1. The maximum absolute atomic E-state index is 12.0. The molecule has 0 atom stereocenters. The molecule has 2 rings (SSSR count). The molecular weight excluding hydrogens is 483 g/mol. The lowest BCUT2D eigenvalue weighted by Gasteiger charge is -2.15. The van der Waals surface area contributed by atoms with Gasteiger partial charge in [-0.05, 0) is 63.1 Å². The normalized spacial score (nSPS) is 11.4. The van der Waals surface area contributed by atoms with Crippen LogP contribution in [0, 0.1) is 0 Å². The Balaban J connectivity index is 2.02. The molecule has 9 nitrogen and oxygen atoms in total. The van der Waals surface area contributed by atoms with Crippen molar-refractivity contribution in [3.63, 3.8) is 0 Å². The fraction of sp³-hybridized carbons (Fsp3) is 0.348. The van der Waals surface area contributed by atoms with E-state index in [1.807, 2.05) is 27.7 Å². The number of hydrogen-bond acceptors (Lipinski definition) is 7. The molecule has 34 heavy (non-hydrogen) atoms. The summed E-state index contributed by atoms with van der Waals surface area (Å²) in [4.78, 5) is 12.0. The number of urea groups is 1. The van der Waals surface area contributed by atoms with Crippen molar-refractivity contribution in [1.82, 2.24) is 10.9 Å². The number of hydrazone groups is 2. The van der Waals surface area contributed by atoms with E-state index < -0.39 is 6.03 Å². The number of rotatable bonds is 10. The first-order valence-electron chi connectivity index (χ1n) is 10.3. The van der Waals surface area contributed by atoms with E-state index in [4.69, 9.17) is 42.1 Å². The Labute approximate surface area is 209 Å². The van der Waals surface area contributed by atoms with E-state index in [0.717, 1.165) is 0 Å². The standard InChI is InChI=1S/C23H28Cl2N4O5/c1-13(2)33-19-9-15(7-17(24)21(19)31-5)11-26-28-23(30)29-27-12-16-8-18(25)22(32-6)20(10-16)34-14(3)4/h7-14H,1-6H3,(H2,28,29,30)/b26-11-,27-12+. The van der Waals surface area contributed by atoms with Gasteiger partial charge in [-0.25, -0.2) is 15.6 Å². The molecule has 0 saturated heterocycles. The van der Waals surface area contributed by atoms with Crippen LogP contribution in [0.25, 0.3) is 0 Å². The van der Waals surface area contributed by atoms with Crippen LogP contribution >= 0.6 is 23.2 Å². The molecule has 0 aliphatic heterocycles. The van der Waals surface area contributed by atoms with Crippen molar-refractivity contribution in [2.24, 2.45) is 10.2 Å². The van der Waals surface area contributed by atoms with E-state index in [2.05, 4.69) is 21.1 Å². The number of carbonyl (C=O) groups is 1. The molecule has 0 unspecified atom stereocenters. The van der Waals surface area contributed by atoms with Gasteiger partial charge in [0.15, 0.2) is 23.0 Å². The van der Waals surface area contributed by atoms with Crippen LogP contribution in [0.5, 0.6) is 23.0 Å². The third-order valence-corrected chi connectivity index (χ3v) is 4.52. The molecule has 0 spiro atoms. The fourth-order valence-corrected chi connectivity index (χ4v) is 3.35. The van der Waals surface area contributed by atoms with Crippen LogP contribution in [0.1, 0.15) is 38.8 Å². The lowest BCUT2D eigenvalue weighted by atomic mass is 10.2. The Morgan fingerprint density at radius 3 is 1.50 bits per heavy atom. The number of nitrogens with zero attached hydrogens (tertiary/aromatic N) is 2. The SMILES string of the molecule is COc1c(Cl)cc(/C=N\NC(=O)N/N=C/c2cc(Cl)c(OC)c(OC(C)C)c2)cc1OC(C)C. The molecule has 0 heterocycles. The second kappa shape index (κ2) is 12.9.